The van der Waals surface area contributed by atoms with E-state index in [1.807, 2.05) is 13.8 Å². The maximum atomic E-state index is 12.7. The third-order valence-electron chi connectivity index (χ3n) is 3.59. The third kappa shape index (κ3) is 3.56. The van der Waals surface area contributed by atoms with E-state index in [-0.39, 0.29) is 12.6 Å². The average molecular weight is 312 g/mol. The topological polar surface area (TPSA) is 72.6 Å². The second-order valence-corrected chi connectivity index (χ2v) is 7.15. The summed E-state index contributed by atoms with van der Waals surface area (Å²) in [5.41, 5.74) is 6.46. The highest BCUT2D eigenvalue weighted by molar-refractivity contribution is 7.89. The lowest BCUT2D eigenvalue weighted by Crippen LogP contribution is -2.33. The first kappa shape index (κ1) is 16.3. The minimum atomic E-state index is -3.44. The second-order valence-electron chi connectivity index (χ2n) is 5.26. The molecule has 118 valence electrons. The van der Waals surface area contributed by atoms with Gasteiger partial charge >= 0.3 is 0 Å². The number of nitrogens with zero attached hydrogens (tertiary/aromatic N) is 1. The molecule has 1 fully saturated rings. The molecule has 1 aliphatic carbocycles. The van der Waals surface area contributed by atoms with E-state index in [9.17, 15) is 8.42 Å². The Morgan fingerprint density at radius 1 is 1.33 bits per heavy atom. The molecule has 0 unspecified atom stereocenters. The van der Waals surface area contributed by atoms with Crippen molar-refractivity contribution in [1.29, 1.82) is 0 Å². The normalized spacial score (nSPS) is 15.4. The largest absolute Gasteiger partial charge is 0.493 e. The van der Waals surface area contributed by atoms with Gasteiger partial charge in [-0.25, -0.2) is 8.42 Å². The van der Waals surface area contributed by atoms with Crippen LogP contribution in [0.1, 0.15) is 38.7 Å². The summed E-state index contributed by atoms with van der Waals surface area (Å²) in [7, 11) is -3.44. The van der Waals surface area contributed by atoms with Gasteiger partial charge in [0.05, 0.1) is 11.5 Å². The predicted molar refractivity (Wildman–Crippen MR) is 82.7 cm³/mol. The number of benzene rings is 1. The maximum Gasteiger partial charge on any atom is 0.243 e. The van der Waals surface area contributed by atoms with Crippen molar-refractivity contribution in [3.05, 3.63) is 23.8 Å². The Bertz CT molecular complexity index is 583. The first-order valence-electron chi connectivity index (χ1n) is 7.52. The van der Waals surface area contributed by atoms with Crippen LogP contribution < -0.4 is 10.5 Å². The molecule has 1 aliphatic rings. The Labute approximate surface area is 127 Å². The van der Waals surface area contributed by atoms with Crippen LogP contribution in [-0.2, 0) is 16.6 Å². The zero-order valence-electron chi connectivity index (χ0n) is 12.7. The molecule has 0 spiro atoms. The zero-order chi connectivity index (χ0) is 15.5. The van der Waals surface area contributed by atoms with Gasteiger partial charge in [0.1, 0.15) is 5.75 Å². The molecule has 2 N–H and O–H groups in total. The zero-order valence-corrected chi connectivity index (χ0v) is 13.5. The van der Waals surface area contributed by atoms with Crippen LogP contribution in [0.2, 0.25) is 0 Å². The van der Waals surface area contributed by atoms with E-state index in [0.717, 1.165) is 24.8 Å². The number of rotatable bonds is 8. The summed E-state index contributed by atoms with van der Waals surface area (Å²) < 4.78 is 32.5. The van der Waals surface area contributed by atoms with Crippen LogP contribution in [0.4, 0.5) is 0 Å². The molecule has 0 aromatic heterocycles. The molecule has 2 rings (SSSR count). The molecule has 0 saturated heterocycles. The molecule has 1 saturated carbocycles. The van der Waals surface area contributed by atoms with Crippen LogP contribution in [0.15, 0.2) is 23.1 Å². The van der Waals surface area contributed by atoms with E-state index in [4.69, 9.17) is 10.5 Å². The lowest BCUT2D eigenvalue weighted by atomic mass is 10.2. The molecular formula is C15H24N2O3S. The number of ether oxygens (including phenoxy) is 1. The molecule has 0 atom stereocenters. The Hall–Kier alpha value is -1.11. The van der Waals surface area contributed by atoms with Crippen molar-refractivity contribution in [3.63, 3.8) is 0 Å². The highest BCUT2D eigenvalue weighted by Gasteiger charge is 2.37. The summed E-state index contributed by atoms with van der Waals surface area (Å²) in [5, 5.41) is 0. The van der Waals surface area contributed by atoms with Crippen LogP contribution in [0.25, 0.3) is 0 Å². The molecule has 0 heterocycles. The van der Waals surface area contributed by atoms with Crippen LogP contribution in [0.5, 0.6) is 5.75 Å². The fourth-order valence-electron chi connectivity index (χ4n) is 2.35. The molecule has 0 amide bonds. The summed E-state index contributed by atoms with van der Waals surface area (Å²) >= 11 is 0. The third-order valence-corrected chi connectivity index (χ3v) is 5.61. The fourth-order valence-corrected chi connectivity index (χ4v) is 4.10. The quantitative estimate of drug-likeness (QED) is 0.798. The molecule has 0 radical (unpaired) electrons. The Kier molecular flexibility index (Phi) is 5.24. The van der Waals surface area contributed by atoms with E-state index in [1.54, 1.807) is 22.5 Å². The van der Waals surface area contributed by atoms with Gasteiger partial charge < -0.3 is 10.5 Å². The van der Waals surface area contributed by atoms with E-state index in [0.29, 0.717) is 23.8 Å². The number of hydrogen-bond donors (Lipinski definition) is 1. The molecule has 5 nitrogen and oxygen atoms in total. The summed E-state index contributed by atoms with van der Waals surface area (Å²) in [5.74, 6) is 0.674. The molecule has 6 heteroatoms. The minimum Gasteiger partial charge on any atom is -0.493 e. The lowest BCUT2D eigenvalue weighted by molar-refractivity contribution is 0.314. The number of hydrogen-bond acceptors (Lipinski definition) is 4. The van der Waals surface area contributed by atoms with Gasteiger partial charge in [-0.15, -0.1) is 0 Å². The molecule has 0 bridgehead atoms. The SMILES string of the molecule is CCCOc1ccc(S(=O)(=O)N(CC)C2CC2)cc1CN. The van der Waals surface area contributed by atoms with Gasteiger partial charge in [0.25, 0.3) is 0 Å². The van der Waals surface area contributed by atoms with Crippen molar-refractivity contribution in [3.8, 4) is 5.75 Å². The smallest absolute Gasteiger partial charge is 0.243 e. The van der Waals surface area contributed by atoms with Gasteiger partial charge in [0.15, 0.2) is 0 Å². The lowest BCUT2D eigenvalue weighted by Gasteiger charge is -2.21. The van der Waals surface area contributed by atoms with E-state index >= 15 is 0 Å². The Morgan fingerprint density at radius 3 is 2.57 bits per heavy atom. The van der Waals surface area contributed by atoms with Gasteiger partial charge in [-0.1, -0.05) is 13.8 Å². The first-order chi connectivity index (χ1) is 10.0. The van der Waals surface area contributed by atoms with Crippen molar-refractivity contribution < 1.29 is 13.2 Å². The van der Waals surface area contributed by atoms with Crippen LogP contribution >= 0.6 is 0 Å². The van der Waals surface area contributed by atoms with E-state index < -0.39 is 10.0 Å². The summed E-state index contributed by atoms with van der Waals surface area (Å²) in [6.45, 7) is 5.26. The molecule has 1 aromatic carbocycles. The average Bonchev–Trinajstić information content (AvgIpc) is 3.30. The van der Waals surface area contributed by atoms with Gasteiger partial charge in [0, 0.05) is 24.7 Å². The van der Waals surface area contributed by atoms with Crippen molar-refractivity contribution in [2.45, 2.75) is 50.6 Å². The molecular weight excluding hydrogens is 288 g/mol. The minimum absolute atomic E-state index is 0.164. The van der Waals surface area contributed by atoms with E-state index in [1.165, 1.54) is 0 Å². The first-order valence-corrected chi connectivity index (χ1v) is 8.96. The van der Waals surface area contributed by atoms with Crippen LogP contribution in [0, 0.1) is 0 Å². The number of sulfonamides is 1. The summed E-state index contributed by atoms with van der Waals surface area (Å²) in [6.07, 6.45) is 2.80. The van der Waals surface area contributed by atoms with Crippen molar-refractivity contribution in [2.75, 3.05) is 13.2 Å². The van der Waals surface area contributed by atoms with Crippen LogP contribution in [-0.4, -0.2) is 31.9 Å². The van der Waals surface area contributed by atoms with Crippen molar-refractivity contribution in [2.24, 2.45) is 5.73 Å². The molecule has 21 heavy (non-hydrogen) atoms. The summed E-state index contributed by atoms with van der Waals surface area (Å²) in [6, 6.07) is 5.14. The highest BCUT2D eigenvalue weighted by atomic mass is 32.2. The predicted octanol–water partition coefficient (Wildman–Crippen LogP) is 2.11. The summed E-state index contributed by atoms with van der Waals surface area (Å²) in [4.78, 5) is 0.306. The van der Waals surface area contributed by atoms with Crippen LogP contribution in [0.3, 0.4) is 0 Å². The van der Waals surface area contributed by atoms with Crippen molar-refractivity contribution >= 4 is 10.0 Å². The molecule has 1 aromatic rings. The van der Waals surface area contributed by atoms with Gasteiger partial charge in [-0.05, 0) is 37.5 Å². The fraction of sp³-hybridized carbons (Fsp3) is 0.600. The highest BCUT2D eigenvalue weighted by Crippen LogP contribution is 2.33. The number of nitrogens with two attached hydrogens (primary N) is 1. The van der Waals surface area contributed by atoms with Crippen molar-refractivity contribution in [1.82, 2.24) is 4.31 Å². The molecule has 0 aliphatic heterocycles. The van der Waals surface area contributed by atoms with Gasteiger partial charge in [-0.3, -0.25) is 0 Å². The van der Waals surface area contributed by atoms with Gasteiger partial charge in [-0.2, -0.15) is 4.31 Å². The second kappa shape index (κ2) is 6.77. The van der Waals surface area contributed by atoms with E-state index in [2.05, 4.69) is 0 Å². The Morgan fingerprint density at radius 2 is 2.05 bits per heavy atom. The Balaban J connectivity index is 2.30. The monoisotopic (exact) mass is 312 g/mol. The standard InChI is InChI=1S/C15H24N2O3S/c1-3-9-20-15-8-7-14(10-12(15)11-16)21(18,19)17(4-2)13-5-6-13/h7-8,10,13H,3-6,9,11,16H2,1-2H3. The van der Waals surface area contributed by atoms with Gasteiger partial charge in [0.2, 0.25) is 10.0 Å². The maximum absolute atomic E-state index is 12.7.